The quantitative estimate of drug-likeness (QED) is 0.796. The van der Waals surface area contributed by atoms with Crippen molar-refractivity contribution < 1.29 is 0 Å². The summed E-state index contributed by atoms with van der Waals surface area (Å²) in [6, 6.07) is 0. The van der Waals surface area contributed by atoms with Crippen LogP contribution in [0.4, 0.5) is 0 Å². The van der Waals surface area contributed by atoms with Gasteiger partial charge in [-0.05, 0) is 18.9 Å². The van der Waals surface area contributed by atoms with Gasteiger partial charge in [-0.1, -0.05) is 20.8 Å². The SMILES string of the molecule is CNCc1cnn(CCC(C)(C)C)c1. The lowest BCUT2D eigenvalue weighted by Crippen LogP contribution is -2.10. The minimum Gasteiger partial charge on any atom is -0.316 e. The minimum atomic E-state index is 0.384. The fourth-order valence-electron chi connectivity index (χ4n) is 1.27. The third kappa shape index (κ3) is 3.92. The van der Waals surface area contributed by atoms with Crippen molar-refractivity contribution in [3.05, 3.63) is 18.0 Å². The van der Waals surface area contributed by atoms with Gasteiger partial charge in [-0.15, -0.1) is 0 Å². The fourth-order valence-corrected chi connectivity index (χ4v) is 1.27. The van der Waals surface area contributed by atoms with Gasteiger partial charge < -0.3 is 5.32 Å². The first-order valence-electron chi connectivity index (χ1n) is 5.17. The van der Waals surface area contributed by atoms with E-state index in [1.807, 2.05) is 17.9 Å². The number of hydrogen-bond donors (Lipinski definition) is 1. The lowest BCUT2D eigenvalue weighted by atomic mass is 9.92. The Hall–Kier alpha value is -0.830. The molecule has 0 saturated carbocycles. The van der Waals surface area contributed by atoms with Crippen LogP contribution in [0.15, 0.2) is 12.4 Å². The van der Waals surface area contributed by atoms with Crippen LogP contribution in [-0.4, -0.2) is 16.8 Å². The summed E-state index contributed by atoms with van der Waals surface area (Å²) >= 11 is 0. The summed E-state index contributed by atoms with van der Waals surface area (Å²) in [6.07, 6.45) is 5.20. The molecule has 0 atom stereocenters. The average Bonchev–Trinajstić information content (AvgIpc) is 2.49. The Balaban J connectivity index is 2.44. The van der Waals surface area contributed by atoms with Crippen LogP contribution in [0.2, 0.25) is 0 Å². The smallest absolute Gasteiger partial charge is 0.0534 e. The molecule has 0 aromatic carbocycles. The molecule has 0 radical (unpaired) electrons. The molecule has 0 unspecified atom stereocenters. The molecule has 0 aliphatic heterocycles. The van der Waals surface area contributed by atoms with Gasteiger partial charge in [0.05, 0.1) is 6.20 Å². The van der Waals surface area contributed by atoms with Crippen molar-refractivity contribution >= 4 is 0 Å². The summed E-state index contributed by atoms with van der Waals surface area (Å²) in [6.45, 7) is 8.67. The summed E-state index contributed by atoms with van der Waals surface area (Å²) in [7, 11) is 1.95. The van der Waals surface area contributed by atoms with Gasteiger partial charge in [-0.2, -0.15) is 5.10 Å². The van der Waals surface area contributed by atoms with E-state index in [9.17, 15) is 0 Å². The molecule has 1 N–H and O–H groups in total. The molecular weight excluding hydrogens is 174 g/mol. The predicted molar refractivity (Wildman–Crippen MR) is 59.1 cm³/mol. The van der Waals surface area contributed by atoms with Gasteiger partial charge in [0.15, 0.2) is 0 Å². The van der Waals surface area contributed by atoms with Crippen LogP contribution < -0.4 is 5.32 Å². The summed E-state index contributed by atoms with van der Waals surface area (Å²) in [5, 5.41) is 7.43. The molecule has 14 heavy (non-hydrogen) atoms. The predicted octanol–water partition coefficient (Wildman–Crippen LogP) is 2.04. The van der Waals surface area contributed by atoms with E-state index >= 15 is 0 Å². The Morgan fingerprint density at radius 3 is 2.71 bits per heavy atom. The molecule has 0 saturated heterocycles. The fraction of sp³-hybridized carbons (Fsp3) is 0.727. The van der Waals surface area contributed by atoms with Crippen molar-refractivity contribution in [2.24, 2.45) is 5.41 Å². The Morgan fingerprint density at radius 1 is 1.43 bits per heavy atom. The third-order valence-electron chi connectivity index (χ3n) is 2.16. The molecule has 0 amide bonds. The number of aryl methyl sites for hydroxylation is 1. The van der Waals surface area contributed by atoms with Gasteiger partial charge in [0.1, 0.15) is 0 Å². The van der Waals surface area contributed by atoms with Crippen LogP contribution in [0.3, 0.4) is 0 Å². The number of nitrogens with zero attached hydrogens (tertiary/aromatic N) is 2. The van der Waals surface area contributed by atoms with Crippen LogP contribution in [0.5, 0.6) is 0 Å². The van der Waals surface area contributed by atoms with Crippen molar-refractivity contribution in [3.8, 4) is 0 Å². The number of nitrogens with one attached hydrogen (secondary N) is 1. The van der Waals surface area contributed by atoms with E-state index in [4.69, 9.17) is 0 Å². The molecule has 0 fully saturated rings. The Morgan fingerprint density at radius 2 is 2.14 bits per heavy atom. The van der Waals surface area contributed by atoms with E-state index in [1.54, 1.807) is 0 Å². The maximum atomic E-state index is 4.31. The topological polar surface area (TPSA) is 29.9 Å². The molecule has 0 bridgehead atoms. The molecule has 0 aliphatic carbocycles. The van der Waals surface area contributed by atoms with E-state index in [0.717, 1.165) is 19.5 Å². The monoisotopic (exact) mass is 195 g/mol. The van der Waals surface area contributed by atoms with Crippen molar-refractivity contribution in [3.63, 3.8) is 0 Å². The van der Waals surface area contributed by atoms with Crippen LogP contribution in [0.25, 0.3) is 0 Å². The molecule has 0 aliphatic rings. The largest absolute Gasteiger partial charge is 0.316 e. The van der Waals surface area contributed by atoms with E-state index in [1.165, 1.54) is 5.56 Å². The zero-order valence-electron chi connectivity index (χ0n) is 9.67. The minimum absolute atomic E-state index is 0.384. The van der Waals surface area contributed by atoms with Crippen LogP contribution in [0.1, 0.15) is 32.8 Å². The van der Waals surface area contributed by atoms with E-state index in [-0.39, 0.29) is 0 Å². The van der Waals surface area contributed by atoms with E-state index in [0.29, 0.717) is 5.41 Å². The van der Waals surface area contributed by atoms with Gasteiger partial charge in [-0.3, -0.25) is 4.68 Å². The summed E-state index contributed by atoms with van der Waals surface area (Å²) < 4.78 is 2.03. The normalized spacial score (nSPS) is 12.0. The first kappa shape index (κ1) is 11.2. The molecule has 80 valence electrons. The Kier molecular flexibility index (Phi) is 3.69. The zero-order valence-corrected chi connectivity index (χ0v) is 9.67. The Labute approximate surface area is 86.5 Å². The first-order valence-corrected chi connectivity index (χ1v) is 5.17. The summed E-state index contributed by atoms with van der Waals surface area (Å²) in [5.41, 5.74) is 1.64. The average molecular weight is 195 g/mol. The summed E-state index contributed by atoms with van der Waals surface area (Å²) in [5.74, 6) is 0. The molecule has 1 aromatic rings. The highest BCUT2D eigenvalue weighted by molar-refractivity contribution is 5.02. The number of hydrogen-bond acceptors (Lipinski definition) is 2. The highest BCUT2D eigenvalue weighted by atomic mass is 15.3. The second-order valence-corrected chi connectivity index (χ2v) is 4.95. The number of rotatable bonds is 4. The molecule has 1 aromatic heterocycles. The van der Waals surface area contributed by atoms with Gasteiger partial charge in [0.25, 0.3) is 0 Å². The summed E-state index contributed by atoms with van der Waals surface area (Å²) in [4.78, 5) is 0. The maximum Gasteiger partial charge on any atom is 0.0534 e. The standard InChI is InChI=1S/C11H21N3/c1-11(2,3)5-6-14-9-10(7-12-4)8-13-14/h8-9,12H,5-7H2,1-4H3. The van der Waals surface area contributed by atoms with Crippen LogP contribution in [-0.2, 0) is 13.1 Å². The zero-order chi connectivity index (χ0) is 10.6. The third-order valence-corrected chi connectivity index (χ3v) is 2.16. The molecular formula is C11H21N3. The first-order chi connectivity index (χ1) is 6.51. The molecule has 0 spiro atoms. The van der Waals surface area contributed by atoms with Gasteiger partial charge in [0.2, 0.25) is 0 Å². The van der Waals surface area contributed by atoms with Crippen LogP contribution in [0, 0.1) is 5.41 Å². The highest BCUT2D eigenvalue weighted by Crippen LogP contribution is 2.19. The van der Waals surface area contributed by atoms with Crippen LogP contribution >= 0.6 is 0 Å². The van der Waals surface area contributed by atoms with Gasteiger partial charge in [-0.25, -0.2) is 0 Å². The van der Waals surface area contributed by atoms with Gasteiger partial charge in [0, 0.05) is 24.8 Å². The molecule has 3 nitrogen and oxygen atoms in total. The maximum absolute atomic E-state index is 4.31. The van der Waals surface area contributed by atoms with Crippen molar-refractivity contribution in [1.82, 2.24) is 15.1 Å². The molecule has 1 rings (SSSR count). The van der Waals surface area contributed by atoms with Crippen molar-refractivity contribution in [1.29, 1.82) is 0 Å². The lowest BCUT2D eigenvalue weighted by Gasteiger charge is -2.17. The van der Waals surface area contributed by atoms with Gasteiger partial charge >= 0.3 is 0 Å². The van der Waals surface area contributed by atoms with E-state index < -0.39 is 0 Å². The Bertz CT molecular complexity index is 270. The van der Waals surface area contributed by atoms with E-state index in [2.05, 4.69) is 37.4 Å². The van der Waals surface area contributed by atoms with Crippen molar-refractivity contribution in [2.45, 2.75) is 40.3 Å². The molecule has 1 heterocycles. The second-order valence-electron chi connectivity index (χ2n) is 4.95. The lowest BCUT2D eigenvalue weighted by molar-refractivity contribution is 0.341. The highest BCUT2D eigenvalue weighted by Gasteiger charge is 2.10. The molecule has 3 heteroatoms. The van der Waals surface area contributed by atoms with Crippen molar-refractivity contribution in [2.75, 3.05) is 7.05 Å². The second kappa shape index (κ2) is 4.60. The number of aromatic nitrogens is 2.